The monoisotopic (exact) mass is 337 g/mol. The van der Waals surface area contributed by atoms with Crippen LogP contribution in [-0.2, 0) is 14.6 Å². The second-order valence-corrected chi connectivity index (χ2v) is 7.76. The fourth-order valence-electron chi connectivity index (χ4n) is 1.88. The summed E-state index contributed by atoms with van der Waals surface area (Å²) in [5.74, 6) is -1.21. The molecule has 7 heteroatoms. The van der Waals surface area contributed by atoms with Crippen molar-refractivity contribution < 1.29 is 18.0 Å². The first kappa shape index (κ1) is 16.4. The molecule has 1 aromatic heterocycles. The Balaban J connectivity index is 2.46. The van der Waals surface area contributed by atoms with Gasteiger partial charge in [0, 0.05) is 6.92 Å². The highest BCUT2D eigenvalue weighted by molar-refractivity contribution is 7.92. The smallest absolute Gasteiger partial charge is 0.218 e. The number of Topliss-reactive ketones (excluding diaryl/α,β-unsaturated/α-hetero) is 1. The van der Waals surface area contributed by atoms with Crippen LogP contribution in [0.1, 0.15) is 22.2 Å². The van der Waals surface area contributed by atoms with Gasteiger partial charge in [0.25, 0.3) is 0 Å². The van der Waals surface area contributed by atoms with E-state index in [-0.39, 0.29) is 9.77 Å². The van der Waals surface area contributed by atoms with E-state index < -0.39 is 26.9 Å². The summed E-state index contributed by atoms with van der Waals surface area (Å²) in [5, 5.41) is 2.31. The highest BCUT2D eigenvalue weighted by atomic mass is 32.2. The number of carbonyl (C=O) groups is 2. The Morgan fingerprint density at radius 2 is 1.77 bits per heavy atom. The molecule has 0 saturated carbocycles. The van der Waals surface area contributed by atoms with Crippen molar-refractivity contribution in [2.24, 2.45) is 0 Å². The molecule has 0 aliphatic heterocycles. The zero-order valence-electron chi connectivity index (χ0n) is 12.1. The first-order valence-corrected chi connectivity index (χ1v) is 8.90. The number of rotatable bonds is 5. The summed E-state index contributed by atoms with van der Waals surface area (Å²) < 4.78 is 25.4. The molecular weight excluding hydrogens is 322 g/mol. The van der Waals surface area contributed by atoms with Crippen molar-refractivity contribution in [2.75, 3.05) is 0 Å². The van der Waals surface area contributed by atoms with Crippen molar-refractivity contribution in [2.45, 2.75) is 24.1 Å². The largest absolute Gasteiger partial charge is 0.333 e. The zero-order valence-corrected chi connectivity index (χ0v) is 13.7. The van der Waals surface area contributed by atoms with E-state index in [0.29, 0.717) is 0 Å². The van der Waals surface area contributed by atoms with Crippen LogP contribution in [0.5, 0.6) is 0 Å². The molecule has 0 aliphatic rings. The topological polar surface area (TPSA) is 80.3 Å². The van der Waals surface area contributed by atoms with Crippen molar-refractivity contribution in [3.05, 3.63) is 52.2 Å². The van der Waals surface area contributed by atoms with Crippen LogP contribution in [-0.4, -0.2) is 25.5 Å². The lowest BCUT2D eigenvalue weighted by Crippen LogP contribution is -2.45. The number of hydrogen-bond donors (Lipinski definition) is 1. The minimum atomic E-state index is -4.01. The summed E-state index contributed by atoms with van der Waals surface area (Å²) in [6.07, 6.45) is 0. The van der Waals surface area contributed by atoms with Crippen LogP contribution >= 0.6 is 11.3 Å². The molecule has 2 rings (SSSR count). The van der Waals surface area contributed by atoms with Gasteiger partial charge in [0.05, 0.1) is 9.77 Å². The van der Waals surface area contributed by atoms with Crippen LogP contribution in [0.15, 0.2) is 46.7 Å². The second-order valence-electron chi connectivity index (χ2n) is 4.78. The number of nitrogens with one attached hydrogen (secondary N) is 1. The van der Waals surface area contributed by atoms with Gasteiger partial charge in [-0.15, -0.1) is 11.3 Å². The van der Waals surface area contributed by atoms with Crippen LogP contribution in [0.2, 0.25) is 0 Å². The number of ketones is 1. The summed E-state index contributed by atoms with van der Waals surface area (Å²) in [4.78, 5) is 24.1. The number of carbonyl (C=O) groups excluding carboxylic acids is 2. The maximum absolute atomic E-state index is 12.7. The van der Waals surface area contributed by atoms with E-state index in [1.807, 2.05) is 6.92 Å². The molecule has 0 aliphatic carbocycles. The van der Waals surface area contributed by atoms with Gasteiger partial charge in [-0.05, 0) is 30.5 Å². The standard InChI is InChI=1S/C15H15NO4S2/c1-10-5-7-12(8-6-10)22(19,20)15(16-11(2)17)14(18)13-4-3-9-21-13/h3-9,15H,1-2H3,(H,16,17)/t15-/m0/s1. The number of aryl methyl sites for hydroxylation is 1. The number of benzene rings is 1. The van der Waals surface area contributed by atoms with Gasteiger partial charge < -0.3 is 5.32 Å². The van der Waals surface area contributed by atoms with Gasteiger partial charge >= 0.3 is 0 Å². The van der Waals surface area contributed by atoms with Gasteiger partial charge in [-0.2, -0.15) is 0 Å². The molecule has 1 aromatic carbocycles. The Kier molecular flexibility index (Phi) is 4.77. The molecule has 0 saturated heterocycles. The third kappa shape index (κ3) is 3.42. The Bertz CT molecular complexity index is 777. The molecule has 0 spiro atoms. The van der Waals surface area contributed by atoms with E-state index in [9.17, 15) is 18.0 Å². The molecule has 0 radical (unpaired) electrons. The predicted molar refractivity (Wildman–Crippen MR) is 84.6 cm³/mol. The van der Waals surface area contributed by atoms with Crippen LogP contribution in [0.25, 0.3) is 0 Å². The van der Waals surface area contributed by atoms with Crippen LogP contribution in [0.4, 0.5) is 0 Å². The van der Waals surface area contributed by atoms with E-state index in [0.717, 1.165) is 16.9 Å². The number of thiophene rings is 1. The van der Waals surface area contributed by atoms with Gasteiger partial charge in [-0.3, -0.25) is 9.59 Å². The Hall–Kier alpha value is -1.99. The lowest BCUT2D eigenvalue weighted by Gasteiger charge is -2.17. The lowest BCUT2D eigenvalue weighted by atomic mass is 10.2. The molecule has 1 amide bonds. The van der Waals surface area contributed by atoms with E-state index >= 15 is 0 Å². The SMILES string of the molecule is CC(=O)N[C@H](C(=O)c1cccs1)S(=O)(=O)c1ccc(C)cc1. The fraction of sp³-hybridized carbons (Fsp3) is 0.200. The third-order valence-corrected chi connectivity index (χ3v) is 5.76. The molecule has 1 N–H and O–H groups in total. The molecular formula is C15H15NO4S2. The van der Waals surface area contributed by atoms with Gasteiger partial charge in [0.1, 0.15) is 0 Å². The number of hydrogen-bond acceptors (Lipinski definition) is 5. The van der Waals surface area contributed by atoms with Crippen molar-refractivity contribution in [3.8, 4) is 0 Å². The van der Waals surface area contributed by atoms with E-state index in [1.54, 1.807) is 23.6 Å². The van der Waals surface area contributed by atoms with Gasteiger partial charge in [0.15, 0.2) is 0 Å². The van der Waals surface area contributed by atoms with E-state index in [1.165, 1.54) is 25.1 Å². The minimum Gasteiger partial charge on any atom is -0.333 e. The summed E-state index contributed by atoms with van der Waals surface area (Å²) >= 11 is 1.13. The average molecular weight is 337 g/mol. The molecule has 5 nitrogen and oxygen atoms in total. The first-order valence-electron chi connectivity index (χ1n) is 6.48. The fourth-order valence-corrected chi connectivity index (χ4v) is 4.17. The van der Waals surface area contributed by atoms with Gasteiger partial charge in [-0.25, -0.2) is 8.42 Å². The second kappa shape index (κ2) is 6.41. The molecule has 0 bridgehead atoms. The molecule has 2 aromatic rings. The highest BCUT2D eigenvalue weighted by Gasteiger charge is 2.35. The maximum atomic E-state index is 12.7. The van der Waals surface area contributed by atoms with Crippen molar-refractivity contribution >= 4 is 32.9 Å². The number of amides is 1. The minimum absolute atomic E-state index is 0.00163. The zero-order chi connectivity index (χ0) is 16.3. The van der Waals surface area contributed by atoms with E-state index in [4.69, 9.17) is 0 Å². The highest BCUT2D eigenvalue weighted by Crippen LogP contribution is 2.20. The summed E-state index contributed by atoms with van der Waals surface area (Å²) in [5.41, 5.74) is 0.902. The van der Waals surface area contributed by atoms with E-state index in [2.05, 4.69) is 5.32 Å². The van der Waals surface area contributed by atoms with Gasteiger partial charge in [0.2, 0.25) is 26.9 Å². The molecule has 116 valence electrons. The molecule has 1 atom stereocenters. The Morgan fingerprint density at radius 1 is 1.14 bits per heavy atom. The van der Waals surface area contributed by atoms with Crippen LogP contribution in [0, 0.1) is 6.92 Å². The predicted octanol–water partition coefficient (Wildman–Crippen LogP) is 2.18. The summed E-state index contributed by atoms with van der Waals surface area (Å²) in [6.45, 7) is 3.01. The molecule has 0 fully saturated rings. The first-order chi connectivity index (χ1) is 10.3. The molecule has 22 heavy (non-hydrogen) atoms. The number of sulfone groups is 1. The van der Waals surface area contributed by atoms with Crippen LogP contribution in [0.3, 0.4) is 0 Å². The Labute approximate surface area is 132 Å². The molecule has 1 heterocycles. The maximum Gasteiger partial charge on any atom is 0.218 e. The normalized spacial score (nSPS) is 12.6. The van der Waals surface area contributed by atoms with Gasteiger partial charge in [-0.1, -0.05) is 23.8 Å². The van der Waals surface area contributed by atoms with Crippen molar-refractivity contribution in [1.82, 2.24) is 5.32 Å². The van der Waals surface area contributed by atoms with Crippen molar-refractivity contribution in [3.63, 3.8) is 0 Å². The third-order valence-electron chi connectivity index (χ3n) is 3.00. The Morgan fingerprint density at radius 3 is 2.27 bits per heavy atom. The summed E-state index contributed by atoms with van der Waals surface area (Å²) in [7, 11) is -4.01. The van der Waals surface area contributed by atoms with Crippen molar-refractivity contribution in [1.29, 1.82) is 0 Å². The summed E-state index contributed by atoms with van der Waals surface area (Å²) in [6, 6.07) is 9.34. The lowest BCUT2D eigenvalue weighted by molar-refractivity contribution is -0.119. The quantitative estimate of drug-likeness (QED) is 0.848. The van der Waals surface area contributed by atoms with Crippen LogP contribution < -0.4 is 5.32 Å². The molecule has 0 unspecified atom stereocenters. The average Bonchev–Trinajstić information content (AvgIpc) is 2.98.